The minimum absolute atomic E-state index is 0.280. The summed E-state index contributed by atoms with van der Waals surface area (Å²) in [6.45, 7) is 4.44. The maximum Gasteiger partial charge on any atom is 0.119 e. The van der Waals surface area contributed by atoms with E-state index in [0.29, 0.717) is 13.0 Å². The van der Waals surface area contributed by atoms with Gasteiger partial charge in [0.05, 0.1) is 12.7 Å². The molecule has 0 aliphatic heterocycles. The standard InChI is InChI=1S/C11H16O2/c1-3-13-11-6-4-10(5-7-11)8-9(2)12/h4-7,9,12H,3,8H2,1-2H3/t9-/m0/s1. The molecule has 0 fully saturated rings. The highest BCUT2D eigenvalue weighted by atomic mass is 16.5. The van der Waals surface area contributed by atoms with Crippen LogP contribution in [-0.2, 0) is 6.42 Å². The van der Waals surface area contributed by atoms with Crippen LogP contribution in [0.4, 0.5) is 0 Å². The monoisotopic (exact) mass is 180 g/mol. The van der Waals surface area contributed by atoms with Gasteiger partial charge in [-0.15, -0.1) is 0 Å². The van der Waals surface area contributed by atoms with Crippen LogP contribution in [0.2, 0.25) is 0 Å². The average Bonchev–Trinajstić information content (AvgIpc) is 2.08. The van der Waals surface area contributed by atoms with Crippen LogP contribution < -0.4 is 4.74 Å². The Morgan fingerprint density at radius 2 is 1.92 bits per heavy atom. The lowest BCUT2D eigenvalue weighted by molar-refractivity contribution is 0.195. The third-order valence-electron chi connectivity index (χ3n) is 1.77. The molecule has 1 N–H and O–H groups in total. The number of hydrogen-bond donors (Lipinski definition) is 1. The van der Waals surface area contributed by atoms with E-state index >= 15 is 0 Å². The van der Waals surface area contributed by atoms with Crippen molar-refractivity contribution in [2.45, 2.75) is 26.4 Å². The summed E-state index contributed by atoms with van der Waals surface area (Å²) >= 11 is 0. The number of rotatable bonds is 4. The first-order chi connectivity index (χ1) is 6.22. The van der Waals surface area contributed by atoms with Crippen molar-refractivity contribution in [1.82, 2.24) is 0 Å². The lowest BCUT2D eigenvalue weighted by atomic mass is 10.1. The summed E-state index contributed by atoms with van der Waals surface area (Å²) in [6.07, 6.45) is 0.421. The van der Waals surface area contributed by atoms with Crippen molar-refractivity contribution in [3.05, 3.63) is 29.8 Å². The number of aliphatic hydroxyl groups excluding tert-OH is 1. The molecule has 0 aliphatic carbocycles. The summed E-state index contributed by atoms with van der Waals surface area (Å²) < 4.78 is 5.30. The van der Waals surface area contributed by atoms with Crippen molar-refractivity contribution in [2.24, 2.45) is 0 Å². The van der Waals surface area contributed by atoms with Crippen molar-refractivity contribution in [3.63, 3.8) is 0 Å². The van der Waals surface area contributed by atoms with Crippen LogP contribution in [0.3, 0.4) is 0 Å². The van der Waals surface area contributed by atoms with Gasteiger partial charge in [0.15, 0.2) is 0 Å². The summed E-state index contributed by atoms with van der Waals surface area (Å²) in [5, 5.41) is 9.15. The van der Waals surface area contributed by atoms with Crippen LogP contribution in [0.25, 0.3) is 0 Å². The molecule has 0 aromatic heterocycles. The van der Waals surface area contributed by atoms with Crippen molar-refractivity contribution in [3.8, 4) is 5.75 Å². The van der Waals surface area contributed by atoms with Crippen molar-refractivity contribution in [2.75, 3.05) is 6.61 Å². The predicted molar refractivity (Wildman–Crippen MR) is 53.0 cm³/mol. The van der Waals surface area contributed by atoms with Crippen LogP contribution in [0.15, 0.2) is 24.3 Å². The first-order valence-corrected chi connectivity index (χ1v) is 4.62. The molecular weight excluding hydrogens is 164 g/mol. The maximum atomic E-state index is 9.15. The van der Waals surface area contributed by atoms with Crippen LogP contribution in [0.5, 0.6) is 5.75 Å². The Bertz CT molecular complexity index is 239. The van der Waals surface area contributed by atoms with Gasteiger partial charge in [0.1, 0.15) is 5.75 Å². The molecule has 2 nitrogen and oxygen atoms in total. The van der Waals surface area contributed by atoms with Gasteiger partial charge in [-0.1, -0.05) is 12.1 Å². The van der Waals surface area contributed by atoms with Crippen LogP contribution in [-0.4, -0.2) is 17.8 Å². The zero-order chi connectivity index (χ0) is 9.68. The van der Waals surface area contributed by atoms with Gasteiger partial charge in [0.25, 0.3) is 0 Å². The third-order valence-corrected chi connectivity index (χ3v) is 1.77. The third kappa shape index (κ3) is 3.47. The minimum Gasteiger partial charge on any atom is -0.494 e. The molecule has 0 amide bonds. The number of benzene rings is 1. The van der Waals surface area contributed by atoms with E-state index in [2.05, 4.69) is 0 Å². The molecule has 72 valence electrons. The Morgan fingerprint density at radius 3 is 2.38 bits per heavy atom. The number of ether oxygens (including phenoxy) is 1. The maximum absolute atomic E-state index is 9.15. The summed E-state index contributed by atoms with van der Waals surface area (Å²) in [6, 6.07) is 7.83. The lowest BCUT2D eigenvalue weighted by Crippen LogP contribution is -2.03. The molecule has 2 heteroatoms. The summed E-state index contributed by atoms with van der Waals surface area (Å²) in [4.78, 5) is 0. The summed E-state index contributed by atoms with van der Waals surface area (Å²) in [5.74, 6) is 0.886. The first-order valence-electron chi connectivity index (χ1n) is 4.62. The first kappa shape index (κ1) is 10.1. The second-order valence-corrected chi connectivity index (χ2v) is 3.13. The fourth-order valence-electron chi connectivity index (χ4n) is 1.23. The molecular formula is C11H16O2. The fourth-order valence-corrected chi connectivity index (χ4v) is 1.23. The van der Waals surface area contributed by atoms with E-state index in [1.807, 2.05) is 31.2 Å². The Labute approximate surface area is 79.2 Å². The quantitative estimate of drug-likeness (QED) is 0.768. The molecule has 1 aromatic rings. The smallest absolute Gasteiger partial charge is 0.119 e. The predicted octanol–water partition coefficient (Wildman–Crippen LogP) is 2.01. The molecule has 0 heterocycles. The van der Waals surface area contributed by atoms with E-state index in [0.717, 1.165) is 11.3 Å². The van der Waals surface area contributed by atoms with E-state index in [1.165, 1.54) is 0 Å². The van der Waals surface area contributed by atoms with Crippen LogP contribution >= 0.6 is 0 Å². The summed E-state index contributed by atoms with van der Waals surface area (Å²) in [5.41, 5.74) is 1.14. The largest absolute Gasteiger partial charge is 0.494 e. The molecule has 1 aromatic carbocycles. The number of hydrogen-bond acceptors (Lipinski definition) is 2. The molecule has 0 saturated heterocycles. The Hall–Kier alpha value is -1.02. The van der Waals surface area contributed by atoms with Gasteiger partial charge in [-0.3, -0.25) is 0 Å². The van der Waals surface area contributed by atoms with E-state index in [1.54, 1.807) is 6.92 Å². The van der Waals surface area contributed by atoms with Gasteiger partial charge in [-0.25, -0.2) is 0 Å². The van der Waals surface area contributed by atoms with Gasteiger partial charge in [-0.05, 0) is 38.0 Å². The lowest BCUT2D eigenvalue weighted by Gasteiger charge is -2.06. The van der Waals surface area contributed by atoms with Crippen LogP contribution in [0.1, 0.15) is 19.4 Å². The van der Waals surface area contributed by atoms with E-state index in [-0.39, 0.29) is 6.10 Å². The van der Waals surface area contributed by atoms with Gasteiger partial charge in [-0.2, -0.15) is 0 Å². The second kappa shape index (κ2) is 4.87. The summed E-state index contributed by atoms with van der Waals surface area (Å²) in [7, 11) is 0. The van der Waals surface area contributed by atoms with Gasteiger partial charge < -0.3 is 9.84 Å². The molecule has 1 atom stereocenters. The molecule has 0 spiro atoms. The molecule has 1 rings (SSSR count). The zero-order valence-corrected chi connectivity index (χ0v) is 8.16. The average molecular weight is 180 g/mol. The Morgan fingerprint density at radius 1 is 1.31 bits per heavy atom. The molecule has 0 saturated carbocycles. The van der Waals surface area contributed by atoms with E-state index in [4.69, 9.17) is 9.84 Å². The molecule has 0 unspecified atom stereocenters. The highest BCUT2D eigenvalue weighted by molar-refractivity contribution is 5.27. The van der Waals surface area contributed by atoms with E-state index < -0.39 is 0 Å². The van der Waals surface area contributed by atoms with Crippen molar-refractivity contribution < 1.29 is 9.84 Å². The minimum atomic E-state index is -0.280. The normalized spacial score (nSPS) is 12.5. The topological polar surface area (TPSA) is 29.5 Å². The highest BCUT2D eigenvalue weighted by Gasteiger charge is 1.98. The van der Waals surface area contributed by atoms with E-state index in [9.17, 15) is 0 Å². The van der Waals surface area contributed by atoms with Gasteiger partial charge in [0, 0.05) is 0 Å². The Balaban J connectivity index is 2.59. The fraction of sp³-hybridized carbons (Fsp3) is 0.455. The number of aliphatic hydroxyl groups is 1. The van der Waals surface area contributed by atoms with Crippen LogP contribution in [0, 0.1) is 0 Å². The van der Waals surface area contributed by atoms with Crippen molar-refractivity contribution in [1.29, 1.82) is 0 Å². The zero-order valence-electron chi connectivity index (χ0n) is 8.16. The molecule has 0 bridgehead atoms. The highest BCUT2D eigenvalue weighted by Crippen LogP contribution is 2.13. The molecule has 0 radical (unpaired) electrons. The second-order valence-electron chi connectivity index (χ2n) is 3.13. The van der Waals surface area contributed by atoms with Gasteiger partial charge in [0.2, 0.25) is 0 Å². The SMILES string of the molecule is CCOc1ccc(C[C@H](C)O)cc1. The van der Waals surface area contributed by atoms with Crippen molar-refractivity contribution >= 4 is 0 Å². The molecule has 13 heavy (non-hydrogen) atoms. The molecule has 0 aliphatic rings. The van der Waals surface area contributed by atoms with Gasteiger partial charge >= 0.3 is 0 Å². The Kier molecular flexibility index (Phi) is 3.77.